The van der Waals surface area contributed by atoms with E-state index in [4.69, 9.17) is 0 Å². The first kappa shape index (κ1) is 20.9. The van der Waals surface area contributed by atoms with Gasteiger partial charge in [0.2, 0.25) is 0 Å². The van der Waals surface area contributed by atoms with Crippen molar-refractivity contribution < 1.29 is 4.39 Å². The number of benzene rings is 1. The summed E-state index contributed by atoms with van der Waals surface area (Å²) in [6.07, 6.45) is 2.18. The normalized spacial score (nSPS) is 12.3. The molecule has 0 aliphatic rings. The van der Waals surface area contributed by atoms with Crippen LogP contribution in [-0.2, 0) is 19.0 Å². The van der Waals surface area contributed by atoms with Crippen LogP contribution in [0.4, 0.5) is 4.39 Å². The zero-order valence-electron chi connectivity index (χ0n) is 17.0. The molecule has 0 saturated carbocycles. The van der Waals surface area contributed by atoms with Gasteiger partial charge in [-0.25, -0.2) is 9.38 Å². The molecule has 0 atom stereocenters. The van der Waals surface area contributed by atoms with Crippen LogP contribution in [0.1, 0.15) is 50.8 Å². The molecule has 7 heteroatoms. The molecule has 1 heterocycles. The Morgan fingerprint density at radius 3 is 2.67 bits per heavy atom. The van der Waals surface area contributed by atoms with Crippen LogP contribution < -0.4 is 10.6 Å². The van der Waals surface area contributed by atoms with Crippen LogP contribution in [0.5, 0.6) is 0 Å². The SMILES string of the molecule is CCCCNC(=NCc1nnc(C)n1C)NCC(C)(C)c1cccc(F)c1. The van der Waals surface area contributed by atoms with E-state index in [2.05, 4.69) is 46.6 Å². The van der Waals surface area contributed by atoms with E-state index >= 15 is 0 Å². The quantitative estimate of drug-likeness (QED) is 0.423. The average Bonchev–Trinajstić information content (AvgIpc) is 2.95. The molecule has 1 aromatic heterocycles. The number of hydrogen-bond acceptors (Lipinski definition) is 3. The van der Waals surface area contributed by atoms with Crippen molar-refractivity contribution in [2.75, 3.05) is 13.1 Å². The third-order valence-corrected chi connectivity index (χ3v) is 4.69. The summed E-state index contributed by atoms with van der Waals surface area (Å²) in [6.45, 7) is 10.2. The van der Waals surface area contributed by atoms with Crippen LogP contribution in [0, 0.1) is 12.7 Å². The van der Waals surface area contributed by atoms with Gasteiger partial charge in [-0.2, -0.15) is 0 Å². The summed E-state index contributed by atoms with van der Waals surface area (Å²) in [7, 11) is 1.94. The Kier molecular flexibility index (Phi) is 7.33. The van der Waals surface area contributed by atoms with Crippen molar-refractivity contribution in [3.05, 3.63) is 47.3 Å². The van der Waals surface area contributed by atoms with E-state index in [1.807, 2.05) is 24.6 Å². The molecule has 0 spiro atoms. The minimum absolute atomic E-state index is 0.215. The van der Waals surface area contributed by atoms with Gasteiger partial charge in [0, 0.05) is 25.6 Å². The fourth-order valence-corrected chi connectivity index (χ4v) is 2.61. The van der Waals surface area contributed by atoms with Gasteiger partial charge in [-0.1, -0.05) is 39.3 Å². The molecule has 0 radical (unpaired) electrons. The van der Waals surface area contributed by atoms with Crippen molar-refractivity contribution in [1.82, 2.24) is 25.4 Å². The van der Waals surface area contributed by atoms with Crippen LogP contribution in [0.25, 0.3) is 0 Å². The molecule has 2 N–H and O–H groups in total. The highest BCUT2D eigenvalue weighted by Gasteiger charge is 2.21. The van der Waals surface area contributed by atoms with Crippen LogP contribution in [0.15, 0.2) is 29.3 Å². The van der Waals surface area contributed by atoms with Crippen molar-refractivity contribution in [1.29, 1.82) is 0 Å². The van der Waals surface area contributed by atoms with Crippen LogP contribution in [0.2, 0.25) is 0 Å². The summed E-state index contributed by atoms with van der Waals surface area (Å²) in [5, 5.41) is 15.0. The topological polar surface area (TPSA) is 67.1 Å². The van der Waals surface area contributed by atoms with Gasteiger partial charge in [0.15, 0.2) is 11.8 Å². The maximum atomic E-state index is 13.6. The first-order valence-electron chi connectivity index (χ1n) is 9.46. The highest BCUT2D eigenvalue weighted by molar-refractivity contribution is 5.79. The standard InChI is InChI=1S/C20H31FN6/c1-6-7-11-22-19(23-13-18-26-25-15(2)27(18)5)24-14-20(3,4)16-9-8-10-17(21)12-16/h8-10,12H,6-7,11,13-14H2,1-5H3,(H2,22,23,24). The van der Waals surface area contributed by atoms with E-state index in [1.165, 1.54) is 6.07 Å². The summed E-state index contributed by atoms with van der Waals surface area (Å²) >= 11 is 0. The number of aromatic nitrogens is 3. The minimum Gasteiger partial charge on any atom is -0.356 e. The molecule has 1 aromatic carbocycles. The average molecular weight is 375 g/mol. The van der Waals surface area contributed by atoms with Crippen LogP contribution in [0.3, 0.4) is 0 Å². The smallest absolute Gasteiger partial charge is 0.191 e. The monoisotopic (exact) mass is 374 g/mol. The van der Waals surface area contributed by atoms with Gasteiger partial charge in [-0.3, -0.25) is 0 Å². The zero-order valence-corrected chi connectivity index (χ0v) is 17.0. The Hall–Kier alpha value is -2.44. The molecule has 2 aromatic rings. The minimum atomic E-state index is -0.239. The highest BCUT2D eigenvalue weighted by Crippen LogP contribution is 2.22. The number of halogens is 1. The molecule has 0 fully saturated rings. The van der Waals surface area contributed by atoms with Crippen molar-refractivity contribution in [2.24, 2.45) is 12.0 Å². The summed E-state index contributed by atoms with van der Waals surface area (Å²) < 4.78 is 15.5. The second kappa shape index (κ2) is 9.48. The van der Waals surface area contributed by atoms with Crippen molar-refractivity contribution >= 4 is 5.96 Å². The fraction of sp³-hybridized carbons (Fsp3) is 0.550. The molecule has 0 bridgehead atoms. The molecule has 0 unspecified atom stereocenters. The zero-order chi connectivity index (χ0) is 19.9. The Bertz CT molecular complexity index is 766. The molecule has 2 rings (SSSR count). The van der Waals surface area contributed by atoms with E-state index in [0.717, 1.165) is 42.6 Å². The lowest BCUT2D eigenvalue weighted by molar-refractivity contribution is 0.502. The summed E-state index contributed by atoms with van der Waals surface area (Å²) in [6, 6.07) is 6.76. The molecule has 0 saturated heterocycles. The van der Waals surface area contributed by atoms with Crippen LogP contribution in [-0.4, -0.2) is 33.8 Å². The number of nitrogens with zero attached hydrogens (tertiary/aromatic N) is 4. The van der Waals surface area contributed by atoms with Gasteiger partial charge in [-0.05, 0) is 31.0 Å². The van der Waals surface area contributed by atoms with Crippen molar-refractivity contribution in [3.8, 4) is 0 Å². The van der Waals surface area contributed by atoms with E-state index < -0.39 is 0 Å². The Balaban J connectivity index is 2.06. The van der Waals surface area contributed by atoms with Crippen molar-refractivity contribution in [3.63, 3.8) is 0 Å². The van der Waals surface area contributed by atoms with E-state index in [-0.39, 0.29) is 11.2 Å². The van der Waals surface area contributed by atoms with Crippen LogP contribution >= 0.6 is 0 Å². The first-order chi connectivity index (χ1) is 12.8. The number of rotatable bonds is 8. The van der Waals surface area contributed by atoms with Gasteiger partial charge in [0.25, 0.3) is 0 Å². The molecular weight excluding hydrogens is 343 g/mol. The number of nitrogens with one attached hydrogen (secondary N) is 2. The third kappa shape index (κ3) is 6.05. The Labute approximate surface area is 161 Å². The van der Waals surface area contributed by atoms with Gasteiger partial charge in [0.05, 0.1) is 0 Å². The molecule has 6 nitrogen and oxygen atoms in total. The van der Waals surface area contributed by atoms with Gasteiger partial charge in [0.1, 0.15) is 18.2 Å². The molecule has 0 aliphatic carbocycles. The van der Waals surface area contributed by atoms with E-state index in [1.54, 1.807) is 12.1 Å². The number of aliphatic imine (C=N–C) groups is 1. The maximum absolute atomic E-state index is 13.6. The van der Waals surface area contributed by atoms with Crippen molar-refractivity contribution in [2.45, 2.75) is 52.5 Å². The number of aryl methyl sites for hydroxylation is 1. The molecule has 27 heavy (non-hydrogen) atoms. The second-order valence-corrected chi connectivity index (χ2v) is 7.42. The molecule has 148 valence electrons. The van der Waals surface area contributed by atoms with Gasteiger partial charge < -0.3 is 15.2 Å². The molecule has 0 aliphatic heterocycles. The first-order valence-corrected chi connectivity index (χ1v) is 9.46. The lowest BCUT2D eigenvalue weighted by Crippen LogP contribution is -2.43. The number of hydrogen-bond donors (Lipinski definition) is 2. The van der Waals surface area contributed by atoms with Gasteiger partial charge in [-0.15, -0.1) is 10.2 Å². The van der Waals surface area contributed by atoms with Gasteiger partial charge >= 0.3 is 0 Å². The second-order valence-electron chi connectivity index (χ2n) is 7.42. The number of unbranched alkanes of at least 4 members (excludes halogenated alkanes) is 1. The Morgan fingerprint density at radius 2 is 2.04 bits per heavy atom. The predicted octanol–water partition coefficient (Wildman–Crippen LogP) is 3.08. The third-order valence-electron chi connectivity index (χ3n) is 4.69. The Morgan fingerprint density at radius 1 is 1.26 bits per heavy atom. The van der Waals surface area contributed by atoms with E-state index in [9.17, 15) is 4.39 Å². The summed E-state index contributed by atoms with van der Waals surface area (Å²) in [4.78, 5) is 4.65. The lowest BCUT2D eigenvalue weighted by Gasteiger charge is -2.27. The highest BCUT2D eigenvalue weighted by atomic mass is 19.1. The summed E-state index contributed by atoms with van der Waals surface area (Å²) in [5.41, 5.74) is 0.711. The fourth-order valence-electron chi connectivity index (χ4n) is 2.61. The lowest BCUT2D eigenvalue weighted by atomic mass is 9.84. The van der Waals surface area contributed by atoms with E-state index in [0.29, 0.717) is 13.1 Å². The largest absolute Gasteiger partial charge is 0.356 e. The molecule has 0 amide bonds. The maximum Gasteiger partial charge on any atom is 0.191 e. The summed E-state index contributed by atoms with van der Waals surface area (Å²) in [5.74, 6) is 2.19. The predicted molar refractivity (Wildman–Crippen MR) is 107 cm³/mol. The molecular formula is C20H31FN6. The number of guanidine groups is 1.